The third kappa shape index (κ3) is 3.66. The van der Waals surface area contributed by atoms with Crippen LogP contribution in [0.15, 0.2) is 0 Å². The summed E-state index contributed by atoms with van der Waals surface area (Å²) in [6, 6.07) is 0. The summed E-state index contributed by atoms with van der Waals surface area (Å²) >= 11 is 0. The predicted molar refractivity (Wildman–Crippen MR) is 66.1 cm³/mol. The summed E-state index contributed by atoms with van der Waals surface area (Å²) in [5.74, 6) is 0.609. The van der Waals surface area contributed by atoms with Gasteiger partial charge in [-0.15, -0.1) is 0 Å². The minimum atomic E-state index is -3.24. The molecular formula is C10H21O4PS. The second-order valence-electron chi connectivity index (χ2n) is 4.53. The molecule has 96 valence electrons. The van der Waals surface area contributed by atoms with Gasteiger partial charge in [-0.1, -0.05) is 0 Å². The summed E-state index contributed by atoms with van der Waals surface area (Å²) in [5, 5.41) is 0. The van der Waals surface area contributed by atoms with Crippen LogP contribution in [0.3, 0.4) is 0 Å². The average molecular weight is 268 g/mol. The van der Waals surface area contributed by atoms with Crippen molar-refractivity contribution in [3.63, 3.8) is 0 Å². The fraction of sp³-hybridized carbons (Fsp3) is 1.00. The molecule has 0 N–H and O–H groups in total. The third-order valence-corrected chi connectivity index (χ3v) is 7.58. The summed E-state index contributed by atoms with van der Waals surface area (Å²) < 4.78 is 35.3. The van der Waals surface area contributed by atoms with Crippen LogP contribution in [0.5, 0.6) is 0 Å². The van der Waals surface area contributed by atoms with Crippen LogP contribution in [-0.4, -0.2) is 27.2 Å². The van der Waals surface area contributed by atoms with E-state index in [1.807, 2.05) is 27.7 Å². The molecule has 2 unspecified atom stereocenters. The lowest BCUT2D eigenvalue weighted by atomic mass is 10.4. The molecule has 0 aromatic rings. The highest BCUT2D eigenvalue weighted by Gasteiger charge is 2.44. The number of hydrogen-bond acceptors (Lipinski definition) is 4. The van der Waals surface area contributed by atoms with Gasteiger partial charge in [0.15, 0.2) is 0 Å². The maximum atomic E-state index is 12.6. The van der Waals surface area contributed by atoms with Gasteiger partial charge in [0.25, 0.3) is 0 Å². The second-order valence-corrected chi connectivity index (χ2v) is 8.74. The van der Waals surface area contributed by atoms with E-state index >= 15 is 0 Å². The SMILES string of the molecule is CC(C)OP(=O)(OC(C)C)C1CCCS1=O. The zero-order chi connectivity index (χ0) is 12.3. The van der Waals surface area contributed by atoms with E-state index in [0.717, 1.165) is 6.42 Å². The van der Waals surface area contributed by atoms with E-state index in [-0.39, 0.29) is 12.2 Å². The Bertz CT molecular complexity index is 289. The quantitative estimate of drug-likeness (QED) is 0.719. The van der Waals surface area contributed by atoms with Gasteiger partial charge in [-0.05, 0) is 40.5 Å². The molecule has 6 heteroatoms. The minimum Gasteiger partial charge on any atom is -0.305 e. The van der Waals surface area contributed by atoms with E-state index in [0.29, 0.717) is 12.2 Å². The molecule has 1 heterocycles. The van der Waals surface area contributed by atoms with Gasteiger partial charge in [-0.25, -0.2) is 0 Å². The molecule has 1 saturated heterocycles. The van der Waals surface area contributed by atoms with Crippen molar-refractivity contribution in [1.29, 1.82) is 0 Å². The average Bonchev–Trinajstić information content (AvgIpc) is 2.48. The largest absolute Gasteiger partial charge is 0.346 e. The van der Waals surface area contributed by atoms with Crippen molar-refractivity contribution in [3.8, 4) is 0 Å². The number of rotatable bonds is 5. The van der Waals surface area contributed by atoms with Crippen LogP contribution < -0.4 is 0 Å². The van der Waals surface area contributed by atoms with Crippen LogP contribution in [-0.2, 0) is 24.4 Å². The van der Waals surface area contributed by atoms with Gasteiger partial charge in [-0.3, -0.25) is 8.77 Å². The van der Waals surface area contributed by atoms with E-state index in [2.05, 4.69) is 0 Å². The van der Waals surface area contributed by atoms with Gasteiger partial charge in [-0.2, -0.15) is 0 Å². The molecule has 1 fully saturated rings. The van der Waals surface area contributed by atoms with Crippen LogP contribution in [0.25, 0.3) is 0 Å². The van der Waals surface area contributed by atoms with E-state index in [1.54, 1.807) is 0 Å². The third-order valence-electron chi connectivity index (χ3n) is 2.17. The second kappa shape index (κ2) is 5.76. The summed E-state index contributed by atoms with van der Waals surface area (Å²) in [6.07, 6.45) is 1.15. The van der Waals surface area contributed by atoms with Gasteiger partial charge in [0.2, 0.25) is 0 Å². The van der Waals surface area contributed by atoms with Gasteiger partial charge >= 0.3 is 7.60 Å². The first-order chi connectivity index (χ1) is 7.35. The zero-order valence-electron chi connectivity index (χ0n) is 10.3. The lowest BCUT2D eigenvalue weighted by molar-refractivity contribution is 0.140. The van der Waals surface area contributed by atoms with Crippen molar-refractivity contribution in [2.75, 3.05) is 5.75 Å². The van der Waals surface area contributed by atoms with Crippen molar-refractivity contribution in [1.82, 2.24) is 0 Å². The summed E-state index contributed by atoms with van der Waals surface area (Å²) in [4.78, 5) is -0.433. The molecule has 0 aliphatic carbocycles. The molecule has 1 aliphatic heterocycles. The van der Waals surface area contributed by atoms with Crippen LogP contribution in [0.4, 0.5) is 0 Å². The van der Waals surface area contributed by atoms with Crippen molar-refractivity contribution in [2.24, 2.45) is 0 Å². The molecule has 1 aliphatic rings. The highest BCUT2D eigenvalue weighted by molar-refractivity contribution is 7.93. The Labute approximate surface area is 100 Å². The zero-order valence-corrected chi connectivity index (χ0v) is 12.1. The van der Waals surface area contributed by atoms with Crippen molar-refractivity contribution >= 4 is 18.4 Å². The van der Waals surface area contributed by atoms with Crippen molar-refractivity contribution in [3.05, 3.63) is 0 Å². The standard InChI is InChI=1S/C10H21O4PS/c1-8(2)13-15(11,14-9(3)4)10-6-5-7-16(10)12/h8-10H,5-7H2,1-4H3. The highest BCUT2D eigenvalue weighted by atomic mass is 32.2. The molecule has 0 aromatic carbocycles. The first-order valence-corrected chi connectivity index (χ1v) is 8.68. The lowest BCUT2D eigenvalue weighted by Crippen LogP contribution is -2.19. The first kappa shape index (κ1) is 14.4. The predicted octanol–water partition coefficient (Wildman–Crippen LogP) is 2.90. The fourth-order valence-corrected chi connectivity index (χ4v) is 6.63. The molecular weight excluding hydrogens is 247 g/mol. The molecule has 0 radical (unpaired) electrons. The molecule has 4 nitrogen and oxygen atoms in total. The lowest BCUT2D eigenvalue weighted by Gasteiger charge is -2.26. The van der Waals surface area contributed by atoms with Crippen molar-refractivity contribution in [2.45, 2.75) is 57.7 Å². The van der Waals surface area contributed by atoms with Crippen LogP contribution in [0.2, 0.25) is 0 Å². The summed E-state index contributed by atoms with van der Waals surface area (Å²) in [5.41, 5.74) is 0. The minimum absolute atomic E-state index is 0.179. The molecule has 0 saturated carbocycles. The van der Waals surface area contributed by atoms with E-state index in [4.69, 9.17) is 9.05 Å². The maximum absolute atomic E-state index is 12.6. The Morgan fingerprint density at radius 3 is 2.00 bits per heavy atom. The van der Waals surface area contributed by atoms with Crippen molar-refractivity contribution < 1.29 is 17.8 Å². The highest BCUT2D eigenvalue weighted by Crippen LogP contribution is 2.59. The van der Waals surface area contributed by atoms with Crippen LogP contribution in [0.1, 0.15) is 40.5 Å². The normalized spacial score (nSPS) is 26.9. The summed E-state index contributed by atoms with van der Waals surface area (Å²) in [6.45, 7) is 7.25. The smallest absolute Gasteiger partial charge is 0.305 e. The van der Waals surface area contributed by atoms with Crippen LogP contribution in [0, 0.1) is 0 Å². The molecule has 16 heavy (non-hydrogen) atoms. The van der Waals surface area contributed by atoms with E-state index in [1.165, 1.54) is 0 Å². The number of hydrogen-bond donors (Lipinski definition) is 0. The maximum Gasteiger partial charge on any atom is 0.346 e. The Morgan fingerprint density at radius 2 is 1.69 bits per heavy atom. The Balaban J connectivity index is 2.85. The van der Waals surface area contributed by atoms with Gasteiger partial charge in [0.05, 0.1) is 12.2 Å². The molecule has 1 rings (SSSR count). The van der Waals surface area contributed by atoms with Gasteiger partial charge in [0, 0.05) is 16.6 Å². The van der Waals surface area contributed by atoms with E-state index in [9.17, 15) is 8.77 Å². The monoisotopic (exact) mass is 268 g/mol. The first-order valence-electron chi connectivity index (χ1n) is 5.69. The Hall–Kier alpha value is 0.300. The fourth-order valence-electron chi connectivity index (χ4n) is 1.72. The van der Waals surface area contributed by atoms with E-state index < -0.39 is 23.4 Å². The summed E-state index contributed by atoms with van der Waals surface area (Å²) in [7, 11) is -4.31. The molecule has 0 spiro atoms. The topological polar surface area (TPSA) is 52.6 Å². The Morgan fingerprint density at radius 1 is 1.19 bits per heavy atom. The van der Waals surface area contributed by atoms with Gasteiger partial charge in [0.1, 0.15) is 4.99 Å². The molecule has 2 atom stereocenters. The molecule has 0 aromatic heterocycles. The molecule has 0 bridgehead atoms. The molecule has 0 amide bonds. The van der Waals surface area contributed by atoms with Gasteiger partial charge < -0.3 is 9.05 Å². The Kier molecular flexibility index (Phi) is 5.17. The van der Waals surface area contributed by atoms with Crippen LogP contribution >= 0.6 is 7.60 Å².